The van der Waals surface area contributed by atoms with Crippen molar-refractivity contribution >= 4 is 17.4 Å². The van der Waals surface area contributed by atoms with Gasteiger partial charge in [-0.15, -0.1) is 0 Å². The number of carbonyl (C=O) groups excluding carboxylic acids is 1. The Morgan fingerprint density at radius 1 is 0.885 bits per heavy atom. The molecule has 1 aliphatic rings. The molecule has 0 amide bonds. The fraction of sp³-hybridized carbons (Fsp3) is 0.0870. The Morgan fingerprint density at radius 3 is 2.15 bits per heavy atom. The van der Waals surface area contributed by atoms with Gasteiger partial charge in [0.15, 0.2) is 0 Å². The Labute approximate surface area is 157 Å². The molecule has 0 aromatic heterocycles. The molecule has 0 bridgehead atoms. The Bertz CT molecular complexity index is 985. The summed E-state index contributed by atoms with van der Waals surface area (Å²) in [6.07, 6.45) is -0.372. The number of ether oxygens (including phenoxy) is 1. The number of Topliss-reactive ketones (excluding diaryl/α,β-unsaturated/α-hetero) is 1. The zero-order chi connectivity index (χ0) is 18.0. The number of ketones is 1. The lowest BCUT2D eigenvalue weighted by Crippen LogP contribution is -2.24. The highest BCUT2D eigenvalue weighted by molar-refractivity contribution is 6.30. The minimum absolute atomic E-state index is 0.147. The molecule has 0 spiro atoms. The number of rotatable bonds is 3. The number of epoxide rings is 1. The summed E-state index contributed by atoms with van der Waals surface area (Å²) in [6, 6.07) is 26.1. The number of carbonyl (C=O) groups is 1. The van der Waals surface area contributed by atoms with Crippen LogP contribution < -0.4 is 0 Å². The van der Waals surface area contributed by atoms with Gasteiger partial charge >= 0.3 is 0 Å². The Kier molecular flexibility index (Phi) is 4.34. The molecule has 2 atom stereocenters. The summed E-state index contributed by atoms with van der Waals surface area (Å²) >= 11 is 5.94. The Morgan fingerprint density at radius 2 is 1.50 bits per heavy atom. The minimum Gasteiger partial charge on any atom is -0.339 e. The second-order valence-electron chi connectivity index (χ2n) is 6.10. The van der Waals surface area contributed by atoms with Gasteiger partial charge in [0.05, 0.1) is 0 Å². The van der Waals surface area contributed by atoms with Gasteiger partial charge in [-0.2, -0.15) is 0 Å². The minimum atomic E-state index is -1.16. The summed E-state index contributed by atoms with van der Waals surface area (Å²) in [5, 5.41) is 0.585. The third kappa shape index (κ3) is 3.15. The molecule has 0 radical (unpaired) electrons. The lowest BCUT2D eigenvalue weighted by atomic mass is 9.91. The van der Waals surface area contributed by atoms with Crippen LogP contribution in [0.3, 0.4) is 0 Å². The third-order valence-corrected chi connectivity index (χ3v) is 4.58. The van der Waals surface area contributed by atoms with E-state index < -0.39 is 5.60 Å². The van der Waals surface area contributed by atoms with E-state index in [0.717, 1.165) is 11.1 Å². The van der Waals surface area contributed by atoms with Crippen molar-refractivity contribution in [1.29, 1.82) is 0 Å². The second kappa shape index (κ2) is 6.80. The van der Waals surface area contributed by atoms with E-state index in [0.29, 0.717) is 10.6 Å². The molecule has 1 heterocycles. The van der Waals surface area contributed by atoms with Crippen molar-refractivity contribution < 1.29 is 9.53 Å². The summed E-state index contributed by atoms with van der Waals surface area (Å²) in [6.45, 7) is 0. The van der Waals surface area contributed by atoms with Gasteiger partial charge in [-0.05, 0) is 42.0 Å². The molecule has 2 nitrogen and oxygen atoms in total. The molecule has 3 aromatic carbocycles. The maximum Gasteiger partial charge on any atom is 0.223 e. The summed E-state index contributed by atoms with van der Waals surface area (Å²) < 4.78 is 5.90. The van der Waals surface area contributed by atoms with Gasteiger partial charge in [0.2, 0.25) is 11.4 Å². The zero-order valence-electron chi connectivity index (χ0n) is 13.9. The molecule has 1 aliphatic heterocycles. The predicted octanol–water partition coefficient (Wildman–Crippen LogP) is 5.08. The van der Waals surface area contributed by atoms with Gasteiger partial charge < -0.3 is 4.74 Å². The summed E-state index contributed by atoms with van der Waals surface area (Å²) in [7, 11) is 0. The lowest BCUT2D eigenvalue weighted by Gasteiger charge is -2.06. The van der Waals surface area contributed by atoms with Crippen LogP contribution in [0.15, 0.2) is 84.9 Å². The summed E-state index contributed by atoms with van der Waals surface area (Å²) in [4.78, 5) is 13.2. The van der Waals surface area contributed by atoms with Gasteiger partial charge in [0.25, 0.3) is 0 Å². The fourth-order valence-electron chi connectivity index (χ4n) is 2.91. The molecule has 4 rings (SSSR count). The van der Waals surface area contributed by atoms with E-state index >= 15 is 0 Å². The van der Waals surface area contributed by atoms with Gasteiger partial charge in [0, 0.05) is 16.1 Å². The van der Waals surface area contributed by atoms with Crippen LogP contribution in [0.25, 0.3) is 0 Å². The smallest absolute Gasteiger partial charge is 0.223 e. The van der Waals surface area contributed by atoms with E-state index in [-0.39, 0.29) is 11.9 Å². The molecule has 0 aliphatic carbocycles. The van der Waals surface area contributed by atoms with Crippen LogP contribution >= 0.6 is 11.6 Å². The zero-order valence-corrected chi connectivity index (χ0v) is 14.6. The number of halogens is 1. The molecule has 3 aromatic rings. The normalized spacial score (nSPS) is 20.7. The van der Waals surface area contributed by atoms with E-state index in [1.54, 1.807) is 24.3 Å². The molecule has 0 N–H and O–H groups in total. The monoisotopic (exact) mass is 358 g/mol. The standard InChI is InChI=1S/C23H15ClO2/c24-20-13-11-18(12-14-20)21(25)23(16-15-17-7-3-1-4-8-17)22(26-23)19-9-5-2-6-10-19/h1-14,22H/t22-,23-/m1/s1. The van der Waals surface area contributed by atoms with Crippen LogP contribution in [0.5, 0.6) is 0 Å². The molecule has 26 heavy (non-hydrogen) atoms. The Balaban J connectivity index is 1.73. The van der Waals surface area contributed by atoms with E-state index in [4.69, 9.17) is 16.3 Å². The summed E-state index contributed by atoms with van der Waals surface area (Å²) in [5.41, 5.74) is 1.16. The van der Waals surface area contributed by atoms with Crippen LogP contribution in [-0.4, -0.2) is 11.4 Å². The quantitative estimate of drug-likeness (QED) is 0.371. The van der Waals surface area contributed by atoms with Crippen LogP contribution in [0.1, 0.15) is 27.6 Å². The molecular formula is C23H15ClO2. The predicted molar refractivity (Wildman–Crippen MR) is 102 cm³/mol. The SMILES string of the molecule is O=C(c1ccc(Cl)cc1)[C@@]1(C#Cc2ccccc2)O[C@@H]1c1ccccc1. The third-order valence-electron chi connectivity index (χ3n) is 4.33. The fourth-order valence-corrected chi connectivity index (χ4v) is 3.03. The first kappa shape index (κ1) is 16.6. The lowest BCUT2D eigenvalue weighted by molar-refractivity contribution is 0.0916. The van der Waals surface area contributed by atoms with Gasteiger partial charge in [-0.25, -0.2) is 0 Å². The number of hydrogen-bond acceptors (Lipinski definition) is 2. The van der Waals surface area contributed by atoms with Crippen LogP contribution in [-0.2, 0) is 4.74 Å². The molecule has 0 unspecified atom stereocenters. The summed E-state index contributed by atoms with van der Waals surface area (Å²) in [5.74, 6) is 6.03. The number of benzene rings is 3. The highest BCUT2D eigenvalue weighted by Crippen LogP contribution is 2.51. The van der Waals surface area contributed by atoms with Crippen molar-refractivity contribution in [3.05, 3.63) is 107 Å². The van der Waals surface area contributed by atoms with Crippen molar-refractivity contribution in [2.24, 2.45) is 0 Å². The molecule has 1 saturated heterocycles. The maximum atomic E-state index is 13.2. The molecule has 1 fully saturated rings. The first-order chi connectivity index (χ1) is 12.7. The maximum absolute atomic E-state index is 13.2. The first-order valence-electron chi connectivity index (χ1n) is 8.30. The highest BCUT2D eigenvalue weighted by Gasteiger charge is 2.62. The van der Waals surface area contributed by atoms with Crippen LogP contribution in [0.4, 0.5) is 0 Å². The van der Waals surface area contributed by atoms with E-state index in [9.17, 15) is 4.79 Å². The topological polar surface area (TPSA) is 29.6 Å². The van der Waals surface area contributed by atoms with Gasteiger partial charge in [0.1, 0.15) is 6.10 Å². The Hall–Kier alpha value is -2.86. The van der Waals surface area contributed by atoms with E-state index in [2.05, 4.69) is 11.8 Å². The van der Waals surface area contributed by atoms with E-state index in [1.807, 2.05) is 60.7 Å². The van der Waals surface area contributed by atoms with Gasteiger partial charge in [-0.1, -0.05) is 72.0 Å². The van der Waals surface area contributed by atoms with Gasteiger partial charge in [-0.3, -0.25) is 4.79 Å². The average Bonchev–Trinajstić information content (AvgIpc) is 3.44. The van der Waals surface area contributed by atoms with Crippen molar-refractivity contribution in [2.75, 3.05) is 0 Å². The second-order valence-corrected chi connectivity index (χ2v) is 6.53. The molecule has 3 heteroatoms. The van der Waals surface area contributed by atoms with Crippen molar-refractivity contribution in [2.45, 2.75) is 11.7 Å². The molecular weight excluding hydrogens is 344 g/mol. The highest BCUT2D eigenvalue weighted by atomic mass is 35.5. The van der Waals surface area contributed by atoms with E-state index in [1.165, 1.54) is 0 Å². The van der Waals surface area contributed by atoms with Crippen molar-refractivity contribution in [3.63, 3.8) is 0 Å². The van der Waals surface area contributed by atoms with Crippen LogP contribution in [0.2, 0.25) is 5.02 Å². The average molecular weight is 359 g/mol. The van der Waals surface area contributed by atoms with Crippen molar-refractivity contribution in [1.82, 2.24) is 0 Å². The molecule has 0 saturated carbocycles. The first-order valence-corrected chi connectivity index (χ1v) is 8.68. The largest absolute Gasteiger partial charge is 0.339 e. The molecule has 126 valence electrons. The van der Waals surface area contributed by atoms with Crippen molar-refractivity contribution in [3.8, 4) is 11.8 Å². The number of hydrogen-bond donors (Lipinski definition) is 0. The van der Waals surface area contributed by atoms with Crippen LogP contribution in [0, 0.1) is 11.8 Å².